The van der Waals surface area contributed by atoms with Gasteiger partial charge in [-0.15, -0.1) is 0 Å². The molecule has 0 aliphatic carbocycles. The number of likely N-dealkylation sites (N-methyl/N-ethyl adjacent to an activating group) is 1. The molecule has 0 fully saturated rings. The van der Waals surface area contributed by atoms with Crippen molar-refractivity contribution in [3.63, 3.8) is 0 Å². The molecule has 0 aromatic carbocycles. The maximum Gasteiger partial charge on any atom is 0.168 e. The summed E-state index contributed by atoms with van der Waals surface area (Å²) < 4.78 is 2.91. The first kappa shape index (κ1) is 12.1. The number of quaternary nitrogens is 1. The lowest BCUT2D eigenvalue weighted by Crippen LogP contribution is -2.43. The highest BCUT2D eigenvalue weighted by atomic mass is 16.3. The minimum Gasteiger partial charge on any atom is -0.391 e. The average molecular weight is 210 g/mol. The molecule has 15 heavy (non-hydrogen) atoms. The molecule has 0 aliphatic rings. The molecule has 0 saturated carbocycles. The Morgan fingerprint density at radius 2 is 1.80 bits per heavy atom. The van der Waals surface area contributed by atoms with Crippen LogP contribution in [0.3, 0.4) is 0 Å². The van der Waals surface area contributed by atoms with Gasteiger partial charge in [-0.25, -0.2) is 4.57 Å². The molecule has 3 nitrogen and oxygen atoms in total. The van der Waals surface area contributed by atoms with Crippen LogP contribution < -0.4 is 4.57 Å². The molecule has 1 rings (SSSR count). The predicted molar refractivity (Wildman–Crippen MR) is 60.3 cm³/mol. The fourth-order valence-electron chi connectivity index (χ4n) is 1.51. The summed E-state index contributed by atoms with van der Waals surface area (Å²) in [6, 6.07) is 4.30. The Labute approximate surface area is 92.2 Å². The number of rotatable bonds is 5. The van der Waals surface area contributed by atoms with E-state index < -0.39 is 0 Å². The third-order valence-corrected chi connectivity index (χ3v) is 2.76. The highest BCUT2D eigenvalue weighted by Crippen LogP contribution is 2.02. The average Bonchev–Trinajstić information content (AvgIpc) is 2.17. The van der Waals surface area contributed by atoms with E-state index >= 15 is 0 Å². The fourth-order valence-corrected chi connectivity index (χ4v) is 1.51. The fraction of sp³-hybridized carbons (Fsp3) is 0.583. The topological polar surface area (TPSA) is 24.1 Å². The molecule has 0 amide bonds. The summed E-state index contributed by atoms with van der Waals surface area (Å²) in [7, 11) is 6.33. The van der Waals surface area contributed by atoms with Crippen LogP contribution >= 0.6 is 0 Å². The number of aliphatic hydroxyl groups is 1. The third kappa shape index (κ3) is 4.40. The second-order valence-corrected chi connectivity index (χ2v) is 4.73. The van der Waals surface area contributed by atoms with Crippen molar-refractivity contribution in [2.24, 2.45) is 7.05 Å². The minimum absolute atomic E-state index is 0.261. The third-order valence-electron chi connectivity index (χ3n) is 2.76. The predicted octanol–water partition coefficient (Wildman–Crippen LogP) is 0.122. The molecule has 0 unspecified atom stereocenters. The number of pyridine rings is 1. The highest BCUT2D eigenvalue weighted by Gasteiger charge is 2.13. The van der Waals surface area contributed by atoms with E-state index in [1.165, 1.54) is 5.56 Å². The van der Waals surface area contributed by atoms with Crippen molar-refractivity contribution >= 4 is 0 Å². The Bertz CT molecular complexity index is 293. The van der Waals surface area contributed by atoms with Gasteiger partial charge in [-0.05, 0) is 5.56 Å². The number of aliphatic hydroxyl groups excluding tert-OH is 1. The molecular weight excluding hydrogens is 188 g/mol. The van der Waals surface area contributed by atoms with E-state index in [1.54, 1.807) is 0 Å². The maximum atomic E-state index is 8.92. The zero-order valence-electron chi connectivity index (χ0n) is 9.98. The summed E-state index contributed by atoms with van der Waals surface area (Å²) in [5.41, 5.74) is 1.36. The number of nitrogens with zero attached hydrogens (tertiary/aromatic N) is 2. The molecule has 3 heteroatoms. The lowest BCUT2D eigenvalue weighted by molar-refractivity contribution is -0.890. The Morgan fingerprint density at radius 1 is 1.20 bits per heavy atom. The monoisotopic (exact) mass is 210 g/mol. The number of aryl methyl sites for hydroxylation is 1. The van der Waals surface area contributed by atoms with Crippen LogP contribution in [0.5, 0.6) is 0 Å². The molecule has 1 N–H and O–H groups in total. The van der Waals surface area contributed by atoms with E-state index in [0.29, 0.717) is 0 Å². The van der Waals surface area contributed by atoms with Crippen LogP contribution in [0, 0.1) is 0 Å². The normalized spacial score (nSPS) is 11.7. The molecule has 84 valence electrons. The van der Waals surface area contributed by atoms with Crippen molar-refractivity contribution in [1.29, 1.82) is 0 Å². The molecule has 0 saturated heterocycles. The van der Waals surface area contributed by atoms with Gasteiger partial charge in [0.2, 0.25) is 0 Å². The largest absolute Gasteiger partial charge is 0.391 e. The quantitative estimate of drug-likeness (QED) is 0.542. The smallest absolute Gasteiger partial charge is 0.168 e. The van der Waals surface area contributed by atoms with Crippen LogP contribution in [0.15, 0.2) is 24.5 Å². The van der Waals surface area contributed by atoms with Crippen LogP contribution in [0.1, 0.15) is 5.56 Å². The second kappa shape index (κ2) is 5.24. The van der Waals surface area contributed by atoms with Gasteiger partial charge in [0, 0.05) is 18.6 Å². The van der Waals surface area contributed by atoms with Gasteiger partial charge in [0.15, 0.2) is 12.4 Å². The molecule has 0 atom stereocenters. The zero-order valence-corrected chi connectivity index (χ0v) is 9.98. The lowest BCUT2D eigenvalue weighted by atomic mass is 10.2. The van der Waals surface area contributed by atoms with Gasteiger partial charge in [-0.1, -0.05) is 0 Å². The van der Waals surface area contributed by atoms with Crippen molar-refractivity contribution in [1.82, 2.24) is 0 Å². The van der Waals surface area contributed by atoms with E-state index in [2.05, 4.69) is 38.6 Å². The van der Waals surface area contributed by atoms with Crippen molar-refractivity contribution in [2.45, 2.75) is 6.42 Å². The van der Waals surface area contributed by atoms with Gasteiger partial charge in [0.1, 0.15) is 13.6 Å². The molecule has 0 bridgehead atoms. The molecule has 0 spiro atoms. The number of hydrogen-bond donors (Lipinski definition) is 1. The van der Waals surface area contributed by atoms with Crippen LogP contribution in [0.25, 0.3) is 0 Å². The van der Waals surface area contributed by atoms with Gasteiger partial charge >= 0.3 is 0 Å². The molecular formula is C12H22N2O+2. The van der Waals surface area contributed by atoms with Crippen molar-refractivity contribution in [3.8, 4) is 0 Å². The summed E-state index contributed by atoms with van der Waals surface area (Å²) >= 11 is 0. The number of hydrogen-bond acceptors (Lipinski definition) is 1. The second-order valence-electron chi connectivity index (χ2n) is 4.73. The summed E-state index contributed by atoms with van der Waals surface area (Å²) in [4.78, 5) is 0. The van der Waals surface area contributed by atoms with Gasteiger partial charge in [0.05, 0.1) is 27.2 Å². The van der Waals surface area contributed by atoms with Crippen LogP contribution in [0.4, 0.5) is 0 Å². The van der Waals surface area contributed by atoms with E-state index in [9.17, 15) is 0 Å². The van der Waals surface area contributed by atoms with E-state index in [4.69, 9.17) is 5.11 Å². The first-order valence-electron chi connectivity index (χ1n) is 5.40. The zero-order chi connectivity index (χ0) is 11.3. The Kier molecular flexibility index (Phi) is 4.24. The van der Waals surface area contributed by atoms with E-state index in [0.717, 1.165) is 24.0 Å². The standard InChI is InChI=1S/C12H22N2O/c1-13-7-4-12(5-8-13)6-9-14(2,3)10-11-15/h4-5,7-8,15H,6,9-11H2,1-3H3/q+2. The van der Waals surface area contributed by atoms with E-state index in [1.807, 2.05) is 11.6 Å². The first-order valence-corrected chi connectivity index (χ1v) is 5.40. The SMILES string of the molecule is C[n+]1ccc(CC[N+](C)(C)CCO)cc1. The maximum absolute atomic E-state index is 8.92. The summed E-state index contributed by atoms with van der Waals surface area (Å²) in [6.45, 7) is 2.14. The van der Waals surface area contributed by atoms with E-state index in [-0.39, 0.29) is 6.61 Å². The number of aromatic nitrogens is 1. The molecule has 1 aromatic rings. The molecule has 1 aromatic heterocycles. The highest BCUT2D eigenvalue weighted by molar-refractivity contribution is 5.07. The van der Waals surface area contributed by atoms with Crippen LogP contribution in [-0.4, -0.2) is 43.4 Å². The van der Waals surface area contributed by atoms with Crippen LogP contribution in [0.2, 0.25) is 0 Å². The summed E-state index contributed by atoms with van der Waals surface area (Å²) in [5.74, 6) is 0. The Morgan fingerprint density at radius 3 is 2.33 bits per heavy atom. The van der Waals surface area contributed by atoms with Gasteiger partial charge in [-0.2, -0.15) is 0 Å². The van der Waals surface area contributed by atoms with Crippen molar-refractivity contribution < 1.29 is 14.2 Å². The summed E-state index contributed by atoms with van der Waals surface area (Å²) in [5, 5.41) is 8.92. The summed E-state index contributed by atoms with van der Waals surface area (Å²) in [6.07, 6.45) is 5.20. The van der Waals surface area contributed by atoms with Gasteiger partial charge in [-0.3, -0.25) is 0 Å². The minimum atomic E-state index is 0.261. The Balaban J connectivity index is 2.46. The lowest BCUT2D eigenvalue weighted by Gasteiger charge is -2.28. The van der Waals surface area contributed by atoms with Gasteiger partial charge < -0.3 is 9.59 Å². The van der Waals surface area contributed by atoms with Crippen molar-refractivity contribution in [2.75, 3.05) is 33.8 Å². The van der Waals surface area contributed by atoms with Gasteiger partial charge in [0.25, 0.3) is 0 Å². The van der Waals surface area contributed by atoms with Crippen LogP contribution in [-0.2, 0) is 13.5 Å². The molecule has 0 radical (unpaired) electrons. The first-order chi connectivity index (χ1) is 7.03. The van der Waals surface area contributed by atoms with Crippen molar-refractivity contribution in [3.05, 3.63) is 30.1 Å². The molecule has 0 aliphatic heterocycles. The molecule has 1 heterocycles. The Hall–Kier alpha value is -0.930.